The van der Waals surface area contributed by atoms with Gasteiger partial charge in [0.25, 0.3) is 0 Å². The number of nitrogens with zero attached hydrogens (tertiary/aromatic N) is 3. The number of likely N-dealkylation sites (tertiary alicyclic amines) is 1. The van der Waals surface area contributed by atoms with Crippen LogP contribution in [-0.2, 0) is 6.54 Å². The molecule has 4 heterocycles. The first kappa shape index (κ1) is 17.7. The molecule has 5 nitrogen and oxygen atoms in total. The fraction of sp³-hybridized carbons (Fsp3) is 0.435. The Bertz CT molecular complexity index is 937. The second-order valence-electron chi connectivity index (χ2n) is 8.40. The molecule has 0 saturated carbocycles. The average molecular weight is 377 g/mol. The normalized spacial score (nSPS) is 19.5. The molecule has 0 radical (unpaired) electrons. The molecule has 2 aliphatic rings. The fourth-order valence-corrected chi connectivity index (χ4v) is 4.78. The molecule has 2 aromatic heterocycles. The van der Waals surface area contributed by atoms with Crippen LogP contribution in [0.25, 0.3) is 17.1 Å². The Balaban J connectivity index is 1.44. The van der Waals surface area contributed by atoms with Gasteiger partial charge in [-0.15, -0.1) is 0 Å². The van der Waals surface area contributed by atoms with Gasteiger partial charge in [-0.1, -0.05) is 18.2 Å². The maximum atomic E-state index is 5.93. The Morgan fingerprint density at radius 2 is 1.89 bits per heavy atom. The fourth-order valence-electron chi connectivity index (χ4n) is 4.78. The van der Waals surface area contributed by atoms with E-state index >= 15 is 0 Å². The Labute approximate surface area is 166 Å². The van der Waals surface area contributed by atoms with E-state index in [0.29, 0.717) is 5.41 Å². The molecular weight excluding hydrogens is 348 g/mol. The first-order chi connectivity index (χ1) is 13.7. The minimum Gasteiger partial charge on any atom is -0.460 e. The molecule has 0 amide bonds. The van der Waals surface area contributed by atoms with E-state index in [0.717, 1.165) is 42.5 Å². The van der Waals surface area contributed by atoms with Crippen molar-refractivity contribution < 1.29 is 4.42 Å². The van der Waals surface area contributed by atoms with Crippen LogP contribution in [0.2, 0.25) is 0 Å². The van der Waals surface area contributed by atoms with Crippen LogP contribution in [0.4, 0.5) is 0 Å². The summed E-state index contributed by atoms with van der Waals surface area (Å²) in [6.07, 6.45) is 6.10. The van der Waals surface area contributed by atoms with Crippen molar-refractivity contribution in [3.05, 3.63) is 60.0 Å². The lowest BCUT2D eigenvalue weighted by molar-refractivity contribution is 0.194. The van der Waals surface area contributed by atoms with Crippen molar-refractivity contribution in [2.24, 2.45) is 5.41 Å². The van der Waals surface area contributed by atoms with E-state index in [1.807, 2.05) is 29.8 Å². The zero-order valence-corrected chi connectivity index (χ0v) is 16.5. The van der Waals surface area contributed by atoms with Crippen LogP contribution in [0.15, 0.2) is 53.1 Å². The zero-order chi connectivity index (χ0) is 19.0. The number of hydrogen-bond acceptors (Lipinski definition) is 4. The van der Waals surface area contributed by atoms with Crippen LogP contribution in [0.3, 0.4) is 0 Å². The Kier molecular flexibility index (Phi) is 4.57. The van der Waals surface area contributed by atoms with Crippen molar-refractivity contribution >= 4 is 0 Å². The summed E-state index contributed by atoms with van der Waals surface area (Å²) in [5.41, 5.74) is 3.80. The van der Waals surface area contributed by atoms with Crippen molar-refractivity contribution in [1.82, 2.24) is 20.0 Å². The molecule has 2 saturated heterocycles. The van der Waals surface area contributed by atoms with Crippen molar-refractivity contribution in [1.29, 1.82) is 0 Å². The molecule has 28 heavy (non-hydrogen) atoms. The standard InChI is InChI=1S/C23H28N4O/c1-18-7-8-21(28-18)22-19(16-27(25-22)20-5-3-2-4-6-20)15-26-14-11-23(17-26)9-12-24-13-10-23/h2-8,16,24H,9-15,17H2,1H3. The second-order valence-corrected chi connectivity index (χ2v) is 8.40. The molecule has 146 valence electrons. The molecule has 0 aliphatic carbocycles. The highest BCUT2D eigenvalue weighted by Gasteiger charge is 2.39. The van der Waals surface area contributed by atoms with Crippen molar-refractivity contribution in [3.8, 4) is 17.1 Å². The number of piperidine rings is 1. The van der Waals surface area contributed by atoms with Crippen molar-refractivity contribution in [2.75, 3.05) is 26.2 Å². The van der Waals surface area contributed by atoms with E-state index in [9.17, 15) is 0 Å². The third kappa shape index (κ3) is 3.40. The van der Waals surface area contributed by atoms with Crippen LogP contribution in [-0.4, -0.2) is 40.9 Å². The van der Waals surface area contributed by atoms with Gasteiger partial charge in [0.1, 0.15) is 11.5 Å². The molecule has 0 bridgehead atoms. The van der Waals surface area contributed by atoms with E-state index in [2.05, 4.69) is 40.7 Å². The minimum absolute atomic E-state index is 0.516. The quantitative estimate of drug-likeness (QED) is 0.747. The molecular formula is C23H28N4O. The average Bonchev–Trinajstić information content (AvgIpc) is 3.43. The number of aromatic nitrogens is 2. The van der Waals surface area contributed by atoms with Crippen molar-refractivity contribution in [3.63, 3.8) is 0 Å². The highest BCUT2D eigenvalue weighted by Crippen LogP contribution is 2.39. The van der Waals surface area contributed by atoms with Gasteiger partial charge in [-0.3, -0.25) is 4.90 Å². The first-order valence-electron chi connectivity index (χ1n) is 10.3. The monoisotopic (exact) mass is 376 g/mol. The number of benzene rings is 1. The largest absolute Gasteiger partial charge is 0.460 e. The molecule has 0 unspecified atom stereocenters. The summed E-state index contributed by atoms with van der Waals surface area (Å²) in [4.78, 5) is 2.61. The van der Waals surface area contributed by atoms with Gasteiger partial charge in [-0.05, 0) is 75.5 Å². The van der Waals surface area contributed by atoms with Crippen LogP contribution in [0, 0.1) is 12.3 Å². The van der Waals surface area contributed by atoms with Gasteiger partial charge in [0.05, 0.1) is 5.69 Å². The van der Waals surface area contributed by atoms with Crippen LogP contribution >= 0.6 is 0 Å². The van der Waals surface area contributed by atoms with Crippen LogP contribution in [0.5, 0.6) is 0 Å². The summed E-state index contributed by atoms with van der Waals surface area (Å²) in [6.45, 7) is 7.61. The van der Waals surface area contributed by atoms with Gasteiger partial charge in [-0.25, -0.2) is 4.68 Å². The van der Waals surface area contributed by atoms with Gasteiger partial charge in [0.2, 0.25) is 0 Å². The second kappa shape index (κ2) is 7.22. The predicted octanol–water partition coefficient (Wildman–Crippen LogP) is 4.02. The summed E-state index contributed by atoms with van der Waals surface area (Å²) in [6, 6.07) is 14.4. The third-order valence-corrected chi connectivity index (χ3v) is 6.36. The topological polar surface area (TPSA) is 46.2 Å². The number of para-hydroxylation sites is 1. The number of hydrogen-bond donors (Lipinski definition) is 1. The zero-order valence-electron chi connectivity index (χ0n) is 16.5. The van der Waals surface area contributed by atoms with Crippen molar-refractivity contribution in [2.45, 2.75) is 32.7 Å². The highest BCUT2D eigenvalue weighted by molar-refractivity contribution is 5.58. The highest BCUT2D eigenvalue weighted by atomic mass is 16.3. The van der Waals surface area contributed by atoms with E-state index in [4.69, 9.17) is 9.52 Å². The third-order valence-electron chi connectivity index (χ3n) is 6.36. The molecule has 0 atom stereocenters. The maximum Gasteiger partial charge on any atom is 0.154 e. The summed E-state index contributed by atoms with van der Waals surface area (Å²) in [5, 5.41) is 8.41. The van der Waals surface area contributed by atoms with Gasteiger partial charge in [0.15, 0.2) is 5.76 Å². The summed E-state index contributed by atoms with van der Waals surface area (Å²) in [5.74, 6) is 1.78. The molecule has 3 aromatic rings. The number of nitrogens with one attached hydrogen (secondary N) is 1. The Morgan fingerprint density at radius 3 is 2.64 bits per heavy atom. The molecule has 1 spiro atoms. The summed E-state index contributed by atoms with van der Waals surface area (Å²) < 4.78 is 7.92. The van der Waals surface area contributed by atoms with Crippen LogP contribution in [0.1, 0.15) is 30.6 Å². The number of aryl methyl sites for hydroxylation is 1. The number of furan rings is 1. The Hall–Kier alpha value is -2.37. The molecule has 2 aliphatic heterocycles. The summed E-state index contributed by atoms with van der Waals surface area (Å²) >= 11 is 0. The smallest absolute Gasteiger partial charge is 0.154 e. The summed E-state index contributed by atoms with van der Waals surface area (Å²) in [7, 11) is 0. The van der Waals surface area contributed by atoms with E-state index in [1.165, 1.54) is 37.9 Å². The SMILES string of the molecule is Cc1ccc(-c2nn(-c3ccccc3)cc2CN2CCC3(CCNCC3)C2)o1. The van der Waals surface area contributed by atoms with E-state index in [1.54, 1.807) is 0 Å². The molecule has 2 fully saturated rings. The molecule has 1 N–H and O–H groups in total. The molecule has 1 aromatic carbocycles. The Morgan fingerprint density at radius 1 is 1.07 bits per heavy atom. The lowest BCUT2D eigenvalue weighted by Gasteiger charge is -2.33. The predicted molar refractivity (Wildman–Crippen MR) is 110 cm³/mol. The van der Waals surface area contributed by atoms with Crippen LogP contribution < -0.4 is 5.32 Å². The van der Waals surface area contributed by atoms with Gasteiger partial charge in [-0.2, -0.15) is 5.10 Å². The molecule has 5 rings (SSSR count). The van der Waals surface area contributed by atoms with Gasteiger partial charge in [0, 0.05) is 24.8 Å². The molecule has 5 heteroatoms. The van der Waals surface area contributed by atoms with E-state index in [-0.39, 0.29) is 0 Å². The van der Waals surface area contributed by atoms with E-state index < -0.39 is 0 Å². The lowest BCUT2D eigenvalue weighted by Crippen LogP contribution is -2.38. The van der Waals surface area contributed by atoms with Gasteiger partial charge < -0.3 is 9.73 Å². The maximum absolute atomic E-state index is 5.93. The van der Waals surface area contributed by atoms with Gasteiger partial charge >= 0.3 is 0 Å². The minimum atomic E-state index is 0.516. The lowest BCUT2D eigenvalue weighted by atomic mass is 9.78. The number of rotatable bonds is 4. The first-order valence-corrected chi connectivity index (χ1v) is 10.3.